The van der Waals surface area contributed by atoms with Crippen molar-refractivity contribution in [1.82, 2.24) is 4.98 Å². The van der Waals surface area contributed by atoms with Gasteiger partial charge in [0.15, 0.2) is 0 Å². The third-order valence-corrected chi connectivity index (χ3v) is 3.63. The van der Waals surface area contributed by atoms with Gasteiger partial charge in [-0.1, -0.05) is 23.7 Å². The molecule has 3 aromatic rings. The number of carbonyl (C=O) groups is 1. The number of rotatable bonds is 4. The summed E-state index contributed by atoms with van der Waals surface area (Å²) >= 11 is 5.68. The number of anilines is 3. The zero-order chi connectivity index (χ0) is 17.8. The lowest BCUT2D eigenvalue weighted by molar-refractivity contribution is 0.102. The van der Waals surface area contributed by atoms with Crippen LogP contribution in [0.5, 0.6) is 0 Å². The lowest BCUT2D eigenvalue weighted by Gasteiger charge is -2.08. The number of nitrogens with one attached hydrogen (secondary N) is 2. The average Bonchev–Trinajstić information content (AvgIpc) is 2.61. The fourth-order valence-electron chi connectivity index (χ4n) is 2.08. The fraction of sp³-hybridized carbons (Fsp3) is 0. The van der Waals surface area contributed by atoms with Crippen molar-refractivity contribution in [2.45, 2.75) is 0 Å². The van der Waals surface area contributed by atoms with Gasteiger partial charge in [-0.25, -0.2) is 13.8 Å². The van der Waals surface area contributed by atoms with Crippen LogP contribution in [0.25, 0.3) is 0 Å². The van der Waals surface area contributed by atoms with Gasteiger partial charge in [-0.2, -0.15) is 0 Å². The molecular weight excluding hydrogens is 348 g/mol. The van der Waals surface area contributed by atoms with Gasteiger partial charge in [0.25, 0.3) is 5.91 Å². The lowest BCUT2D eigenvalue weighted by atomic mass is 10.2. The second-order valence-corrected chi connectivity index (χ2v) is 5.53. The minimum Gasteiger partial charge on any atom is -0.338 e. The van der Waals surface area contributed by atoms with Gasteiger partial charge in [-0.15, -0.1) is 0 Å². The molecule has 1 heterocycles. The Morgan fingerprint density at radius 3 is 2.48 bits per heavy atom. The largest absolute Gasteiger partial charge is 0.338 e. The number of halogens is 3. The number of hydrogen-bond donors (Lipinski definition) is 2. The van der Waals surface area contributed by atoms with Crippen molar-refractivity contribution in [2.24, 2.45) is 0 Å². The minimum absolute atomic E-state index is 0.0830. The van der Waals surface area contributed by atoms with Gasteiger partial charge in [0.05, 0.1) is 16.3 Å². The second-order valence-electron chi connectivity index (χ2n) is 5.12. The van der Waals surface area contributed by atoms with Crippen LogP contribution in [-0.2, 0) is 0 Å². The first-order valence-electron chi connectivity index (χ1n) is 7.27. The third kappa shape index (κ3) is 4.10. The molecule has 2 N–H and O–H groups in total. The van der Waals surface area contributed by atoms with Gasteiger partial charge in [0, 0.05) is 11.9 Å². The van der Waals surface area contributed by atoms with E-state index >= 15 is 0 Å². The number of carbonyl (C=O) groups excluding carboxylic acids is 1. The second kappa shape index (κ2) is 7.27. The van der Waals surface area contributed by atoms with Crippen molar-refractivity contribution < 1.29 is 13.6 Å². The zero-order valence-corrected chi connectivity index (χ0v) is 13.5. The predicted octanol–water partition coefficient (Wildman–Crippen LogP) is 5.01. The zero-order valence-electron chi connectivity index (χ0n) is 12.8. The Morgan fingerprint density at radius 2 is 1.80 bits per heavy atom. The molecule has 0 atom stereocenters. The molecule has 0 fully saturated rings. The summed E-state index contributed by atoms with van der Waals surface area (Å²) in [5, 5.41) is 5.34. The maximum absolute atomic E-state index is 13.6. The van der Waals surface area contributed by atoms with Crippen molar-refractivity contribution in [3.05, 3.63) is 83.0 Å². The number of aromatic nitrogens is 1. The van der Waals surface area contributed by atoms with Crippen LogP contribution in [0.4, 0.5) is 26.0 Å². The molecule has 0 aliphatic carbocycles. The van der Waals surface area contributed by atoms with E-state index in [-0.39, 0.29) is 10.7 Å². The molecule has 0 saturated carbocycles. The number of pyridine rings is 1. The Morgan fingerprint density at radius 1 is 1.00 bits per heavy atom. The van der Waals surface area contributed by atoms with Crippen LogP contribution in [0.3, 0.4) is 0 Å². The Bertz CT molecular complexity index is 916. The van der Waals surface area contributed by atoms with Crippen molar-refractivity contribution in [1.29, 1.82) is 0 Å². The molecule has 4 nitrogen and oxygen atoms in total. The molecule has 0 radical (unpaired) electrons. The summed E-state index contributed by atoms with van der Waals surface area (Å²) in [7, 11) is 0. The molecule has 0 bridgehead atoms. The fourth-order valence-corrected chi connectivity index (χ4v) is 2.26. The van der Waals surface area contributed by atoms with Crippen LogP contribution >= 0.6 is 11.6 Å². The summed E-state index contributed by atoms with van der Waals surface area (Å²) in [6, 6.07) is 13.2. The molecule has 1 amide bonds. The van der Waals surface area contributed by atoms with Crippen molar-refractivity contribution in [2.75, 3.05) is 10.6 Å². The first kappa shape index (κ1) is 16.9. The highest BCUT2D eigenvalue weighted by molar-refractivity contribution is 6.31. The van der Waals surface area contributed by atoms with E-state index in [2.05, 4.69) is 15.6 Å². The maximum atomic E-state index is 13.6. The molecule has 0 aliphatic heterocycles. The smallest absolute Gasteiger partial charge is 0.257 e. The van der Waals surface area contributed by atoms with Gasteiger partial charge in [0.1, 0.15) is 17.5 Å². The highest BCUT2D eigenvalue weighted by atomic mass is 35.5. The Labute approximate surface area is 147 Å². The molecule has 0 aliphatic rings. The first-order valence-corrected chi connectivity index (χ1v) is 7.65. The number of benzene rings is 2. The SMILES string of the molecule is O=C(Nc1ccc(F)c(Cl)c1)c1ccc(Nc2ccccc2F)nc1. The Balaban J connectivity index is 1.70. The van der Waals surface area contributed by atoms with Crippen LogP contribution < -0.4 is 10.6 Å². The van der Waals surface area contributed by atoms with Crippen LogP contribution in [0, 0.1) is 11.6 Å². The predicted molar refractivity (Wildman–Crippen MR) is 93.3 cm³/mol. The van der Waals surface area contributed by atoms with Gasteiger partial charge in [-0.05, 0) is 42.5 Å². The van der Waals surface area contributed by atoms with E-state index in [4.69, 9.17) is 11.6 Å². The molecule has 1 aromatic heterocycles. The van der Waals surface area contributed by atoms with Gasteiger partial charge in [-0.3, -0.25) is 4.79 Å². The summed E-state index contributed by atoms with van der Waals surface area (Å²) in [4.78, 5) is 16.3. The molecule has 0 unspecified atom stereocenters. The van der Waals surface area contributed by atoms with Crippen molar-refractivity contribution in [3.8, 4) is 0 Å². The Hall–Kier alpha value is -2.99. The standard InChI is InChI=1S/C18H12ClF2N3O/c19-13-9-12(6-7-14(13)20)23-18(25)11-5-8-17(22-10-11)24-16-4-2-1-3-15(16)21/h1-10H,(H,22,24)(H,23,25). The van der Waals surface area contributed by atoms with E-state index in [0.29, 0.717) is 17.1 Å². The highest BCUT2D eigenvalue weighted by Crippen LogP contribution is 2.21. The normalized spacial score (nSPS) is 10.4. The van der Waals surface area contributed by atoms with Gasteiger partial charge >= 0.3 is 0 Å². The van der Waals surface area contributed by atoms with E-state index in [0.717, 1.165) is 6.07 Å². The minimum atomic E-state index is -0.565. The van der Waals surface area contributed by atoms with Crippen molar-refractivity contribution in [3.63, 3.8) is 0 Å². The summed E-state index contributed by atoms with van der Waals surface area (Å²) in [6.07, 6.45) is 1.35. The number of amides is 1. The third-order valence-electron chi connectivity index (χ3n) is 3.34. The topological polar surface area (TPSA) is 54.0 Å². The number of para-hydroxylation sites is 1. The summed E-state index contributed by atoms with van der Waals surface area (Å²) in [5.41, 5.74) is 0.942. The molecule has 126 valence electrons. The van der Waals surface area contributed by atoms with E-state index in [1.165, 1.54) is 30.5 Å². The average molecular weight is 360 g/mol. The van der Waals surface area contributed by atoms with Gasteiger partial charge in [0.2, 0.25) is 0 Å². The van der Waals surface area contributed by atoms with Crippen LogP contribution in [0.1, 0.15) is 10.4 Å². The molecular formula is C18H12ClF2N3O. The highest BCUT2D eigenvalue weighted by Gasteiger charge is 2.09. The number of hydrogen-bond acceptors (Lipinski definition) is 3. The monoisotopic (exact) mass is 359 g/mol. The maximum Gasteiger partial charge on any atom is 0.257 e. The van der Waals surface area contributed by atoms with E-state index in [9.17, 15) is 13.6 Å². The molecule has 0 saturated heterocycles. The molecule has 7 heteroatoms. The van der Waals surface area contributed by atoms with E-state index < -0.39 is 17.5 Å². The summed E-state index contributed by atoms with van der Waals surface area (Å²) in [6.45, 7) is 0. The van der Waals surface area contributed by atoms with E-state index in [1.54, 1.807) is 24.3 Å². The van der Waals surface area contributed by atoms with Crippen LogP contribution in [0.2, 0.25) is 5.02 Å². The molecule has 3 rings (SSSR count). The first-order chi connectivity index (χ1) is 12.0. The van der Waals surface area contributed by atoms with Crippen molar-refractivity contribution >= 4 is 34.7 Å². The summed E-state index contributed by atoms with van der Waals surface area (Å²) < 4.78 is 26.7. The Kier molecular flexibility index (Phi) is 4.90. The van der Waals surface area contributed by atoms with Crippen LogP contribution in [-0.4, -0.2) is 10.9 Å². The quantitative estimate of drug-likeness (QED) is 0.688. The summed E-state index contributed by atoms with van der Waals surface area (Å²) in [5.74, 6) is -0.997. The number of nitrogens with zero attached hydrogens (tertiary/aromatic N) is 1. The van der Waals surface area contributed by atoms with E-state index in [1.807, 2.05) is 0 Å². The van der Waals surface area contributed by atoms with Gasteiger partial charge < -0.3 is 10.6 Å². The molecule has 2 aromatic carbocycles. The molecule has 25 heavy (non-hydrogen) atoms. The lowest BCUT2D eigenvalue weighted by Crippen LogP contribution is -2.12. The molecule has 0 spiro atoms. The van der Waals surface area contributed by atoms with Crippen LogP contribution in [0.15, 0.2) is 60.8 Å².